The van der Waals surface area contributed by atoms with Crippen molar-refractivity contribution in [2.75, 3.05) is 16.0 Å². The van der Waals surface area contributed by atoms with Gasteiger partial charge >= 0.3 is 0 Å². The second-order valence-corrected chi connectivity index (χ2v) is 8.82. The number of benzene rings is 2. The van der Waals surface area contributed by atoms with E-state index in [0.29, 0.717) is 17.6 Å². The van der Waals surface area contributed by atoms with Crippen LogP contribution in [0.5, 0.6) is 0 Å². The third kappa shape index (κ3) is 4.72. The van der Waals surface area contributed by atoms with Crippen LogP contribution in [-0.4, -0.2) is 32.6 Å². The maximum absolute atomic E-state index is 12.6. The van der Waals surface area contributed by atoms with Gasteiger partial charge in [0.1, 0.15) is 0 Å². The van der Waals surface area contributed by atoms with E-state index in [1.165, 1.54) is 0 Å². The van der Waals surface area contributed by atoms with Crippen LogP contribution >= 0.6 is 0 Å². The molecule has 1 amide bonds. The molecule has 0 atom stereocenters. The summed E-state index contributed by atoms with van der Waals surface area (Å²) >= 11 is 0. The highest BCUT2D eigenvalue weighted by molar-refractivity contribution is 6.04. The van der Waals surface area contributed by atoms with Crippen LogP contribution in [0.15, 0.2) is 67.0 Å². The van der Waals surface area contributed by atoms with E-state index in [0.717, 1.165) is 59.8 Å². The van der Waals surface area contributed by atoms with E-state index >= 15 is 0 Å². The number of anilines is 4. The predicted molar refractivity (Wildman–Crippen MR) is 136 cm³/mol. The van der Waals surface area contributed by atoms with Crippen molar-refractivity contribution in [3.63, 3.8) is 0 Å². The first-order valence-corrected chi connectivity index (χ1v) is 11.7. The average Bonchev–Trinajstić information content (AvgIpc) is 3.32. The van der Waals surface area contributed by atoms with Gasteiger partial charge in [0.05, 0.1) is 5.69 Å². The summed E-state index contributed by atoms with van der Waals surface area (Å²) in [7, 11) is 0. The highest BCUT2D eigenvalue weighted by atomic mass is 16.1. The molecule has 0 spiro atoms. The van der Waals surface area contributed by atoms with Gasteiger partial charge in [0.25, 0.3) is 5.91 Å². The van der Waals surface area contributed by atoms with E-state index in [1.807, 2.05) is 67.7 Å². The molecule has 2 aromatic carbocycles. The van der Waals surface area contributed by atoms with E-state index in [1.54, 1.807) is 10.7 Å². The summed E-state index contributed by atoms with van der Waals surface area (Å²) < 4.78 is 1.79. The largest absolute Gasteiger partial charge is 0.366 e. The highest BCUT2D eigenvalue weighted by Gasteiger charge is 2.21. The van der Waals surface area contributed by atoms with Crippen LogP contribution in [0.1, 0.15) is 41.6 Å². The third-order valence-corrected chi connectivity index (χ3v) is 6.34. The molecular formula is C26H29N7O. The number of imidazole rings is 1. The van der Waals surface area contributed by atoms with Crippen LogP contribution in [0.4, 0.5) is 22.9 Å². The summed E-state index contributed by atoms with van der Waals surface area (Å²) in [4.78, 5) is 17.1. The zero-order valence-electron chi connectivity index (χ0n) is 19.2. The van der Waals surface area contributed by atoms with Crippen LogP contribution < -0.4 is 21.7 Å². The molecule has 5 rings (SSSR count). The van der Waals surface area contributed by atoms with Crippen molar-refractivity contribution in [2.24, 2.45) is 5.73 Å². The van der Waals surface area contributed by atoms with E-state index < -0.39 is 0 Å². The van der Waals surface area contributed by atoms with Crippen molar-refractivity contribution in [2.45, 2.75) is 44.7 Å². The summed E-state index contributed by atoms with van der Waals surface area (Å²) in [5.74, 6) is 0.694. The van der Waals surface area contributed by atoms with Gasteiger partial charge in [0, 0.05) is 47.0 Å². The first-order valence-electron chi connectivity index (χ1n) is 11.7. The smallest absolute Gasteiger partial charge is 0.255 e. The monoisotopic (exact) mass is 455 g/mol. The second-order valence-electron chi connectivity index (χ2n) is 8.82. The fraction of sp³-hybridized carbons (Fsp3) is 0.269. The molecule has 8 nitrogen and oxygen atoms in total. The molecule has 2 heterocycles. The lowest BCUT2D eigenvalue weighted by Crippen LogP contribution is -2.33. The van der Waals surface area contributed by atoms with Crippen molar-refractivity contribution in [3.8, 4) is 0 Å². The molecule has 1 saturated carbocycles. The average molecular weight is 456 g/mol. The van der Waals surface area contributed by atoms with Crippen molar-refractivity contribution in [3.05, 3.63) is 78.1 Å². The van der Waals surface area contributed by atoms with Gasteiger partial charge in [0.2, 0.25) is 0 Å². The molecule has 0 aliphatic heterocycles. The molecule has 1 aliphatic carbocycles. The minimum Gasteiger partial charge on any atom is -0.366 e. The number of aromatic nitrogens is 3. The Balaban J connectivity index is 1.35. The Morgan fingerprint density at radius 3 is 2.47 bits per heavy atom. The SMILES string of the molecule is Cc1c(NC2CCC(N)CC2)nn2ccnc2c1Nc1ccc(C(=O)Nc2ccccc2)cc1. The van der Waals surface area contributed by atoms with Crippen molar-refractivity contribution >= 4 is 34.4 Å². The number of hydrogen-bond donors (Lipinski definition) is 4. The third-order valence-electron chi connectivity index (χ3n) is 6.34. The summed E-state index contributed by atoms with van der Waals surface area (Å²) in [5, 5.41) is 14.8. The lowest BCUT2D eigenvalue weighted by molar-refractivity contribution is 0.102. The molecule has 0 bridgehead atoms. The minimum atomic E-state index is -0.146. The van der Waals surface area contributed by atoms with Gasteiger partial charge in [0.15, 0.2) is 11.5 Å². The predicted octanol–water partition coefficient (Wildman–Crippen LogP) is 4.72. The number of nitrogens with zero attached hydrogens (tertiary/aromatic N) is 3. The van der Waals surface area contributed by atoms with Crippen LogP contribution in [-0.2, 0) is 0 Å². The molecule has 0 saturated heterocycles. The molecule has 1 aliphatic rings. The van der Waals surface area contributed by atoms with E-state index in [9.17, 15) is 4.79 Å². The van der Waals surface area contributed by atoms with Gasteiger partial charge in [-0.05, 0) is 69.0 Å². The molecule has 5 N–H and O–H groups in total. The first-order chi connectivity index (χ1) is 16.6. The zero-order valence-corrected chi connectivity index (χ0v) is 19.2. The fourth-order valence-corrected chi connectivity index (χ4v) is 4.34. The maximum Gasteiger partial charge on any atom is 0.255 e. The van der Waals surface area contributed by atoms with Crippen LogP contribution in [0.2, 0.25) is 0 Å². The topological polar surface area (TPSA) is 109 Å². The van der Waals surface area contributed by atoms with Crippen LogP contribution in [0, 0.1) is 6.92 Å². The standard InChI is InChI=1S/C26H29N7O/c1-17-23(25-28-15-16-33(25)32-24(17)30-22-13-9-19(27)10-14-22)29-21-11-7-18(8-12-21)26(34)31-20-5-3-2-4-6-20/h2-8,11-12,15-16,19,22,29H,9-10,13-14,27H2,1H3,(H,30,32)(H,31,34). The van der Waals surface area contributed by atoms with E-state index in [-0.39, 0.29) is 5.91 Å². The molecular weight excluding hydrogens is 426 g/mol. The Bertz CT molecular complexity index is 1280. The summed E-state index contributed by atoms with van der Waals surface area (Å²) in [6.45, 7) is 2.04. The molecule has 0 radical (unpaired) electrons. The number of carbonyl (C=O) groups is 1. The Morgan fingerprint density at radius 1 is 1.00 bits per heavy atom. The number of hydrogen-bond acceptors (Lipinski definition) is 6. The Kier molecular flexibility index (Phi) is 6.14. The molecule has 1 fully saturated rings. The van der Waals surface area contributed by atoms with Crippen LogP contribution in [0.25, 0.3) is 5.65 Å². The van der Waals surface area contributed by atoms with E-state index in [4.69, 9.17) is 10.8 Å². The molecule has 34 heavy (non-hydrogen) atoms. The van der Waals surface area contributed by atoms with Gasteiger partial charge in [-0.2, -0.15) is 0 Å². The lowest BCUT2D eigenvalue weighted by Gasteiger charge is -2.28. The Labute approximate surface area is 198 Å². The van der Waals surface area contributed by atoms with Crippen molar-refractivity contribution in [1.82, 2.24) is 14.6 Å². The quantitative estimate of drug-likeness (QED) is 0.335. The number of rotatable bonds is 6. The highest BCUT2D eigenvalue weighted by Crippen LogP contribution is 2.30. The maximum atomic E-state index is 12.6. The van der Waals surface area contributed by atoms with Gasteiger partial charge in [-0.25, -0.2) is 9.50 Å². The van der Waals surface area contributed by atoms with Gasteiger partial charge < -0.3 is 21.7 Å². The van der Waals surface area contributed by atoms with Crippen molar-refractivity contribution in [1.29, 1.82) is 0 Å². The van der Waals surface area contributed by atoms with Crippen molar-refractivity contribution < 1.29 is 4.79 Å². The van der Waals surface area contributed by atoms with Crippen LogP contribution in [0.3, 0.4) is 0 Å². The lowest BCUT2D eigenvalue weighted by atomic mass is 9.92. The normalized spacial score (nSPS) is 17.9. The summed E-state index contributed by atoms with van der Waals surface area (Å²) in [6.07, 6.45) is 7.73. The first kappa shape index (κ1) is 21.9. The van der Waals surface area contributed by atoms with Gasteiger partial charge in [-0.3, -0.25) is 4.79 Å². The number of nitrogens with one attached hydrogen (secondary N) is 3. The number of para-hydroxylation sites is 1. The van der Waals surface area contributed by atoms with Gasteiger partial charge in [-0.15, -0.1) is 5.10 Å². The number of carbonyl (C=O) groups excluding carboxylic acids is 1. The second kappa shape index (κ2) is 9.52. The number of nitrogens with two attached hydrogens (primary N) is 1. The van der Waals surface area contributed by atoms with Gasteiger partial charge in [-0.1, -0.05) is 18.2 Å². The zero-order chi connectivity index (χ0) is 23.5. The number of amides is 1. The minimum absolute atomic E-state index is 0.146. The number of fused-ring (bicyclic) bond motifs is 1. The summed E-state index contributed by atoms with van der Waals surface area (Å²) in [6, 6.07) is 17.5. The molecule has 2 aromatic heterocycles. The Hall–Kier alpha value is -3.91. The molecule has 8 heteroatoms. The fourth-order valence-electron chi connectivity index (χ4n) is 4.34. The molecule has 174 valence electrons. The van der Waals surface area contributed by atoms with E-state index in [2.05, 4.69) is 20.9 Å². The molecule has 4 aromatic rings. The summed E-state index contributed by atoms with van der Waals surface area (Å²) in [5.41, 5.74) is 10.9. The Morgan fingerprint density at radius 2 is 1.74 bits per heavy atom. The molecule has 0 unspecified atom stereocenters.